The standard InChI is InChI=1S/C30H30F6N2O3/c1-2-24-13-8-16-38(24)27(39)37-20-28(19-21-9-4-3-5-10-21,22-11-6-14-25(17-22)40-29(31,32)33)23-12-7-15-26(18-23)41-30(34,35)36/h3-7,9-12,14-15,17-18,24H,2,8,13,16,19-20H2,1H3,(H,37,39)/t24-/m1/s1. The number of likely N-dealkylation sites (tertiary alicyclic amines) is 1. The monoisotopic (exact) mass is 580 g/mol. The van der Waals surface area contributed by atoms with Crippen molar-refractivity contribution in [2.24, 2.45) is 0 Å². The van der Waals surface area contributed by atoms with Gasteiger partial charge in [0.25, 0.3) is 0 Å². The van der Waals surface area contributed by atoms with E-state index in [9.17, 15) is 31.1 Å². The van der Waals surface area contributed by atoms with Gasteiger partial charge in [-0.3, -0.25) is 0 Å². The molecule has 3 aromatic carbocycles. The van der Waals surface area contributed by atoms with Crippen molar-refractivity contribution < 1.29 is 40.6 Å². The van der Waals surface area contributed by atoms with Crippen LogP contribution >= 0.6 is 0 Å². The average molecular weight is 581 g/mol. The largest absolute Gasteiger partial charge is 0.573 e. The number of carbonyl (C=O) groups is 1. The van der Waals surface area contributed by atoms with Gasteiger partial charge in [0.05, 0.1) is 0 Å². The maximum Gasteiger partial charge on any atom is 0.573 e. The van der Waals surface area contributed by atoms with Crippen LogP contribution in [0, 0.1) is 0 Å². The fraction of sp³-hybridized carbons (Fsp3) is 0.367. The van der Waals surface area contributed by atoms with Crippen molar-refractivity contribution in [3.63, 3.8) is 0 Å². The van der Waals surface area contributed by atoms with E-state index < -0.39 is 29.6 Å². The second-order valence-electron chi connectivity index (χ2n) is 9.95. The van der Waals surface area contributed by atoms with Crippen LogP contribution in [0.3, 0.4) is 0 Å². The number of nitrogens with zero attached hydrogens (tertiary/aromatic N) is 1. The zero-order valence-corrected chi connectivity index (χ0v) is 22.3. The van der Waals surface area contributed by atoms with E-state index in [1.54, 1.807) is 47.4 Å². The number of amides is 2. The lowest BCUT2D eigenvalue weighted by molar-refractivity contribution is -0.275. The molecule has 1 N–H and O–H groups in total. The van der Waals surface area contributed by atoms with Gasteiger partial charge in [-0.05, 0) is 66.6 Å². The molecule has 0 bridgehead atoms. The van der Waals surface area contributed by atoms with Crippen LogP contribution in [-0.4, -0.2) is 42.8 Å². The molecule has 220 valence electrons. The number of alkyl halides is 6. The summed E-state index contributed by atoms with van der Waals surface area (Å²) in [5.74, 6) is -0.987. The second kappa shape index (κ2) is 12.3. The van der Waals surface area contributed by atoms with Crippen LogP contribution in [0.25, 0.3) is 0 Å². The summed E-state index contributed by atoms with van der Waals surface area (Å²) in [4.78, 5) is 15.1. The number of hydrogen-bond donors (Lipinski definition) is 1. The van der Waals surface area contributed by atoms with E-state index in [1.165, 1.54) is 24.3 Å². The van der Waals surface area contributed by atoms with Gasteiger partial charge in [-0.25, -0.2) is 4.79 Å². The summed E-state index contributed by atoms with van der Waals surface area (Å²) < 4.78 is 87.2. The molecule has 1 aliphatic rings. The van der Waals surface area contributed by atoms with Crippen LogP contribution < -0.4 is 14.8 Å². The van der Waals surface area contributed by atoms with Crippen LogP contribution in [0.5, 0.6) is 11.5 Å². The number of benzene rings is 3. The molecule has 41 heavy (non-hydrogen) atoms. The van der Waals surface area contributed by atoms with Crippen molar-refractivity contribution in [1.82, 2.24) is 10.2 Å². The molecule has 5 nitrogen and oxygen atoms in total. The van der Waals surface area contributed by atoms with E-state index >= 15 is 0 Å². The highest BCUT2D eigenvalue weighted by molar-refractivity contribution is 5.75. The Morgan fingerprint density at radius 1 is 0.854 bits per heavy atom. The minimum Gasteiger partial charge on any atom is -0.406 e. The van der Waals surface area contributed by atoms with E-state index in [2.05, 4.69) is 14.8 Å². The van der Waals surface area contributed by atoms with Crippen molar-refractivity contribution in [2.75, 3.05) is 13.1 Å². The SMILES string of the molecule is CC[C@@H]1CCCN1C(=O)NCC(Cc1ccccc1)(c1cccc(OC(F)(F)F)c1)c1cccc(OC(F)(F)F)c1. The predicted molar refractivity (Wildman–Crippen MR) is 141 cm³/mol. The van der Waals surface area contributed by atoms with E-state index in [1.807, 2.05) is 6.92 Å². The highest BCUT2D eigenvalue weighted by atomic mass is 19.4. The average Bonchev–Trinajstić information content (AvgIpc) is 3.39. The van der Waals surface area contributed by atoms with Crippen molar-refractivity contribution in [2.45, 2.75) is 56.8 Å². The normalized spacial score (nSPS) is 16.0. The zero-order chi connectivity index (χ0) is 29.7. The summed E-state index contributed by atoms with van der Waals surface area (Å²) in [5, 5.41) is 2.94. The van der Waals surface area contributed by atoms with Crippen molar-refractivity contribution in [3.8, 4) is 11.5 Å². The number of carbonyl (C=O) groups excluding carboxylic acids is 1. The van der Waals surface area contributed by atoms with Gasteiger partial charge in [0.15, 0.2) is 0 Å². The van der Waals surface area contributed by atoms with Gasteiger partial charge in [-0.15, -0.1) is 26.3 Å². The van der Waals surface area contributed by atoms with E-state index in [4.69, 9.17) is 0 Å². The first-order valence-electron chi connectivity index (χ1n) is 13.2. The summed E-state index contributed by atoms with van der Waals surface area (Å²) in [7, 11) is 0. The lowest BCUT2D eigenvalue weighted by atomic mass is 9.70. The Hall–Kier alpha value is -3.89. The zero-order valence-electron chi connectivity index (χ0n) is 22.3. The molecule has 0 aromatic heterocycles. The van der Waals surface area contributed by atoms with Gasteiger partial charge in [-0.2, -0.15) is 0 Å². The molecule has 1 fully saturated rings. The van der Waals surface area contributed by atoms with Crippen LogP contribution in [0.1, 0.15) is 42.9 Å². The summed E-state index contributed by atoms with van der Waals surface area (Å²) in [6.07, 6.45) is -7.32. The lowest BCUT2D eigenvalue weighted by Crippen LogP contribution is -2.49. The molecule has 11 heteroatoms. The van der Waals surface area contributed by atoms with E-state index in [-0.39, 0.29) is 25.0 Å². The predicted octanol–water partition coefficient (Wildman–Crippen LogP) is 7.60. The van der Waals surface area contributed by atoms with Crippen LogP contribution in [0.15, 0.2) is 78.9 Å². The van der Waals surface area contributed by atoms with E-state index in [0.717, 1.165) is 37.0 Å². The highest BCUT2D eigenvalue weighted by Crippen LogP contribution is 2.40. The Kier molecular flexibility index (Phi) is 9.04. The van der Waals surface area contributed by atoms with Crippen molar-refractivity contribution in [1.29, 1.82) is 0 Å². The highest BCUT2D eigenvalue weighted by Gasteiger charge is 2.39. The minimum atomic E-state index is -4.96. The summed E-state index contributed by atoms with van der Waals surface area (Å²) in [5.41, 5.74) is 0.0506. The Balaban J connectivity index is 1.85. The van der Waals surface area contributed by atoms with E-state index in [0.29, 0.717) is 17.7 Å². The third-order valence-corrected chi connectivity index (χ3v) is 7.24. The summed E-state index contributed by atoms with van der Waals surface area (Å²) >= 11 is 0. The Labute approximate surface area is 234 Å². The quantitative estimate of drug-likeness (QED) is 0.265. The molecule has 0 saturated carbocycles. The number of nitrogens with one attached hydrogen (secondary N) is 1. The second-order valence-corrected chi connectivity index (χ2v) is 9.95. The number of ether oxygens (including phenoxy) is 2. The Bertz CT molecular complexity index is 1250. The maximum atomic E-state index is 13.4. The van der Waals surface area contributed by atoms with Gasteiger partial charge >= 0.3 is 18.8 Å². The number of urea groups is 1. The number of rotatable bonds is 9. The van der Waals surface area contributed by atoms with Gasteiger partial charge < -0.3 is 19.7 Å². The molecule has 1 saturated heterocycles. The molecular weight excluding hydrogens is 550 g/mol. The third kappa shape index (κ3) is 7.86. The molecule has 4 rings (SSSR count). The number of halogens is 6. The molecule has 1 heterocycles. The molecule has 0 aliphatic carbocycles. The first-order chi connectivity index (χ1) is 19.4. The molecule has 1 aliphatic heterocycles. The van der Waals surface area contributed by atoms with Gasteiger partial charge in [0.2, 0.25) is 0 Å². The first-order valence-corrected chi connectivity index (χ1v) is 13.2. The van der Waals surface area contributed by atoms with Crippen molar-refractivity contribution >= 4 is 6.03 Å². The van der Waals surface area contributed by atoms with Crippen molar-refractivity contribution in [3.05, 3.63) is 95.6 Å². The molecule has 0 unspecified atom stereocenters. The third-order valence-electron chi connectivity index (χ3n) is 7.24. The Morgan fingerprint density at radius 3 is 1.93 bits per heavy atom. The first kappa shape index (κ1) is 30.1. The fourth-order valence-corrected chi connectivity index (χ4v) is 5.42. The number of hydrogen-bond acceptors (Lipinski definition) is 3. The molecule has 1 atom stereocenters. The minimum absolute atomic E-state index is 0.0468. The lowest BCUT2D eigenvalue weighted by Gasteiger charge is -2.37. The van der Waals surface area contributed by atoms with Crippen LogP contribution in [0.2, 0.25) is 0 Å². The Morgan fingerprint density at radius 2 is 1.41 bits per heavy atom. The van der Waals surface area contributed by atoms with Gasteiger partial charge in [0.1, 0.15) is 11.5 Å². The van der Waals surface area contributed by atoms with Crippen LogP contribution in [0.4, 0.5) is 31.1 Å². The van der Waals surface area contributed by atoms with Crippen LogP contribution in [-0.2, 0) is 11.8 Å². The summed E-state index contributed by atoms with van der Waals surface area (Å²) in [6.45, 7) is 2.41. The van der Waals surface area contributed by atoms with Gasteiger partial charge in [0, 0.05) is 24.5 Å². The molecule has 3 aromatic rings. The fourth-order valence-electron chi connectivity index (χ4n) is 5.42. The molecule has 0 spiro atoms. The molecule has 0 radical (unpaired) electrons. The maximum absolute atomic E-state index is 13.4. The van der Waals surface area contributed by atoms with Gasteiger partial charge in [-0.1, -0.05) is 61.5 Å². The molecular formula is C30H30F6N2O3. The topological polar surface area (TPSA) is 50.8 Å². The molecule has 2 amide bonds. The summed E-state index contributed by atoms with van der Waals surface area (Å²) in [6, 6.07) is 19.2. The smallest absolute Gasteiger partial charge is 0.406 e.